The molecule has 0 aliphatic rings. The van der Waals surface area contributed by atoms with Gasteiger partial charge in [0.05, 0.1) is 0 Å². The highest BCUT2D eigenvalue weighted by Gasteiger charge is 2.04. The van der Waals surface area contributed by atoms with Crippen LogP contribution in [0, 0.1) is 3.57 Å². The number of hydrogen-bond donors (Lipinski definition) is 1. The number of primary amides is 1. The van der Waals surface area contributed by atoms with Crippen LogP contribution in [0.2, 0.25) is 0 Å². The molecule has 0 saturated heterocycles. The van der Waals surface area contributed by atoms with E-state index >= 15 is 0 Å². The normalized spacial score (nSPS) is 9.94. The minimum Gasteiger partial charge on any atom is -0.437 e. The molecule has 17 heavy (non-hydrogen) atoms. The van der Waals surface area contributed by atoms with Gasteiger partial charge in [-0.05, 0) is 46.9 Å². The summed E-state index contributed by atoms with van der Waals surface area (Å²) in [4.78, 5) is 10.8. The fraction of sp³-hybridized carbons (Fsp3) is 0. The van der Waals surface area contributed by atoms with Gasteiger partial charge in [-0.1, -0.05) is 6.07 Å². The number of carbonyl (C=O) groups is 1. The fourth-order valence-corrected chi connectivity index (χ4v) is 1.67. The summed E-state index contributed by atoms with van der Waals surface area (Å²) in [5, 5.41) is 7.39. The maximum Gasteiger partial charge on any atom is 0.269 e. The SMILES string of the molecule is NC(=O)c1ccc(Oc2cccc(I)c2)nn1. The molecule has 6 heteroatoms. The van der Waals surface area contributed by atoms with Crippen molar-refractivity contribution in [3.8, 4) is 11.6 Å². The van der Waals surface area contributed by atoms with E-state index in [1.807, 2.05) is 24.3 Å². The first-order valence-electron chi connectivity index (χ1n) is 4.72. The molecule has 0 radical (unpaired) electrons. The molecule has 0 fully saturated rings. The maximum atomic E-state index is 10.8. The van der Waals surface area contributed by atoms with Crippen molar-refractivity contribution in [1.82, 2.24) is 10.2 Å². The summed E-state index contributed by atoms with van der Waals surface area (Å²) >= 11 is 2.18. The van der Waals surface area contributed by atoms with Crippen molar-refractivity contribution in [1.29, 1.82) is 0 Å². The van der Waals surface area contributed by atoms with Crippen LogP contribution < -0.4 is 10.5 Å². The van der Waals surface area contributed by atoms with Gasteiger partial charge < -0.3 is 10.5 Å². The second kappa shape index (κ2) is 5.09. The molecule has 2 aromatic rings. The van der Waals surface area contributed by atoms with Gasteiger partial charge in [0, 0.05) is 9.64 Å². The molecule has 0 aliphatic heterocycles. The lowest BCUT2D eigenvalue weighted by molar-refractivity contribution is 0.0994. The lowest BCUT2D eigenvalue weighted by atomic mass is 10.3. The van der Waals surface area contributed by atoms with E-state index < -0.39 is 5.91 Å². The Bertz CT molecular complexity index is 543. The Morgan fingerprint density at radius 3 is 2.65 bits per heavy atom. The molecular weight excluding hydrogens is 333 g/mol. The molecule has 5 nitrogen and oxygen atoms in total. The first kappa shape index (κ1) is 11.8. The Labute approximate surface area is 111 Å². The minimum absolute atomic E-state index is 0.111. The number of carbonyl (C=O) groups excluding carboxylic acids is 1. The standard InChI is InChI=1S/C11H8IN3O2/c12-7-2-1-3-8(6-7)17-10-5-4-9(11(13)16)14-15-10/h1-6H,(H2,13,16). The molecule has 1 aromatic carbocycles. The Hall–Kier alpha value is -1.70. The lowest BCUT2D eigenvalue weighted by Crippen LogP contribution is -2.13. The minimum atomic E-state index is -0.613. The summed E-state index contributed by atoms with van der Waals surface area (Å²) < 4.78 is 6.52. The van der Waals surface area contributed by atoms with E-state index in [1.165, 1.54) is 6.07 Å². The Morgan fingerprint density at radius 1 is 1.24 bits per heavy atom. The summed E-state index contributed by atoms with van der Waals surface area (Å²) in [6.07, 6.45) is 0. The van der Waals surface area contributed by atoms with Gasteiger partial charge in [-0.25, -0.2) is 0 Å². The van der Waals surface area contributed by atoms with Crippen molar-refractivity contribution < 1.29 is 9.53 Å². The highest BCUT2D eigenvalue weighted by Crippen LogP contribution is 2.20. The average molecular weight is 341 g/mol. The third-order valence-electron chi connectivity index (χ3n) is 1.91. The molecule has 0 aliphatic carbocycles. The van der Waals surface area contributed by atoms with Crippen LogP contribution in [0.1, 0.15) is 10.5 Å². The number of ether oxygens (including phenoxy) is 1. The van der Waals surface area contributed by atoms with Gasteiger partial charge in [-0.3, -0.25) is 4.79 Å². The van der Waals surface area contributed by atoms with Gasteiger partial charge in [0.15, 0.2) is 5.69 Å². The number of aromatic nitrogens is 2. The highest BCUT2D eigenvalue weighted by molar-refractivity contribution is 14.1. The zero-order valence-corrected chi connectivity index (χ0v) is 10.8. The van der Waals surface area contributed by atoms with Crippen LogP contribution >= 0.6 is 22.6 Å². The van der Waals surface area contributed by atoms with Gasteiger partial charge in [0.2, 0.25) is 5.88 Å². The van der Waals surface area contributed by atoms with Crippen molar-refractivity contribution in [3.05, 3.63) is 45.7 Å². The van der Waals surface area contributed by atoms with Crippen LogP contribution in [-0.2, 0) is 0 Å². The first-order chi connectivity index (χ1) is 8.15. The van der Waals surface area contributed by atoms with Gasteiger partial charge in [0.25, 0.3) is 5.91 Å². The monoisotopic (exact) mass is 341 g/mol. The molecule has 1 amide bonds. The third-order valence-corrected chi connectivity index (χ3v) is 2.58. The molecule has 0 bridgehead atoms. The van der Waals surface area contributed by atoms with Gasteiger partial charge in [-0.2, -0.15) is 0 Å². The van der Waals surface area contributed by atoms with Gasteiger partial charge in [0.1, 0.15) is 5.75 Å². The fourth-order valence-electron chi connectivity index (χ4n) is 1.16. The topological polar surface area (TPSA) is 78.1 Å². The van der Waals surface area contributed by atoms with Crippen LogP contribution in [0.5, 0.6) is 11.6 Å². The number of halogens is 1. The number of amides is 1. The van der Waals surface area contributed by atoms with Crippen molar-refractivity contribution in [2.45, 2.75) is 0 Å². The molecule has 2 N–H and O–H groups in total. The highest BCUT2D eigenvalue weighted by atomic mass is 127. The Kier molecular flexibility index (Phi) is 3.52. The zero-order valence-electron chi connectivity index (χ0n) is 8.63. The van der Waals surface area contributed by atoms with E-state index in [9.17, 15) is 4.79 Å². The second-order valence-corrected chi connectivity index (χ2v) is 4.43. The average Bonchev–Trinajstić information content (AvgIpc) is 2.29. The summed E-state index contributed by atoms with van der Waals surface area (Å²) in [6, 6.07) is 10.5. The number of nitrogens with zero attached hydrogens (tertiary/aromatic N) is 2. The molecule has 86 valence electrons. The van der Waals surface area contributed by atoms with E-state index in [4.69, 9.17) is 10.5 Å². The molecule has 0 unspecified atom stereocenters. The molecule has 1 aromatic heterocycles. The summed E-state index contributed by atoms with van der Waals surface area (Å²) in [5.74, 6) is 0.369. The van der Waals surface area contributed by atoms with E-state index in [0.717, 1.165) is 3.57 Å². The molecular formula is C11H8IN3O2. The Balaban J connectivity index is 2.16. The van der Waals surface area contributed by atoms with E-state index in [1.54, 1.807) is 6.07 Å². The predicted molar refractivity (Wildman–Crippen MR) is 69.8 cm³/mol. The van der Waals surface area contributed by atoms with Crippen LogP contribution in [0.3, 0.4) is 0 Å². The molecule has 1 heterocycles. The smallest absolute Gasteiger partial charge is 0.269 e. The maximum absolute atomic E-state index is 10.8. The number of hydrogen-bond acceptors (Lipinski definition) is 4. The van der Waals surface area contributed by atoms with E-state index in [-0.39, 0.29) is 5.69 Å². The van der Waals surface area contributed by atoms with Crippen molar-refractivity contribution in [2.24, 2.45) is 5.73 Å². The van der Waals surface area contributed by atoms with Gasteiger partial charge in [-0.15, -0.1) is 10.2 Å². The summed E-state index contributed by atoms with van der Waals surface area (Å²) in [6.45, 7) is 0. The van der Waals surface area contributed by atoms with Crippen LogP contribution in [0.15, 0.2) is 36.4 Å². The predicted octanol–water partition coefficient (Wildman–Crippen LogP) is 1.97. The number of benzene rings is 1. The van der Waals surface area contributed by atoms with Crippen molar-refractivity contribution in [2.75, 3.05) is 0 Å². The largest absolute Gasteiger partial charge is 0.437 e. The second-order valence-electron chi connectivity index (χ2n) is 3.18. The lowest BCUT2D eigenvalue weighted by Gasteiger charge is -2.04. The van der Waals surface area contributed by atoms with E-state index in [0.29, 0.717) is 11.6 Å². The first-order valence-corrected chi connectivity index (χ1v) is 5.80. The van der Waals surface area contributed by atoms with Crippen LogP contribution in [0.25, 0.3) is 0 Å². The summed E-state index contributed by atoms with van der Waals surface area (Å²) in [7, 11) is 0. The third kappa shape index (κ3) is 3.13. The summed E-state index contributed by atoms with van der Waals surface area (Å²) in [5.41, 5.74) is 5.16. The molecule has 0 saturated carbocycles. The molecule has 0 spiro atoms. The van der Waals surface area contributed by atoms with Crippen LogP contribution in [-0.4, -0.2) is 16.1 Å². The zero-order chi connectivity index (χ0) is 12.3. The van der Waals surface area contributed by atoms with Crippen molar-refractivity contribution >= 4 is 28.5 Å². The number of nitrogens with two attached hydrogens (primary N) is 1. The quantitative estimate of drug-likeness (QED) is 0.866. The molecule has 2 rings (SSSR count). The van der Waals surface area contributed by atoms with E-state index in [2.05, 4.69) is 32.8 Å². The van der Waals surface area contributed by atoms with Gasteiger partial charge >= 0.3 is 0 Å². The van der Waals surface area contributed by atoms with Crippen molar-refractivity contribution in [3.63, 3.8) is 0 Å². The number of rotatable bonds is 3. The Morgan fingerprint density at radius 2 is 2.06 bits per heavy atom. The molecule has 0 atom stereocenters. The van der Waals surface area contributed by atoms with Crippen LogP contribution in [0.4, 0.5) is 0 Å².